The van der Waals surface area contributed by atoms with E-state index in [1.54, 1.807) is 18.2 Å². The van der Waals surface area contributed by atoms with Crippen molar-refractivity contribution in [3.8, 4) is 5.75 Å². The largest absolute Gasteiger partial charge is 0.495 e. The molecule has 0 saturated carbocycles. The van der Waals surface area contributed by atoms with Crippen molar-refractivity contribution in [2.24, 2.45) is 5.73 Å². The molecule has 0 spiro atoms. The second kappa shape index (κ2) is 6.31. The van der Waals surface area contributed by atoms with Crippen LogP contribution in [0.5, 0.6) is 5.75 Å². The minimum Gasteiger partial charge on any atom is -0.495 e. The van der Waals surface area contributed by atoms with Crippen molar-refractivity contribution in [3.05, 3.63) is 23.8 Å². The van der Waals surface area contributed by atoms with Gasteiger partial charge in [-0.25, -0.2) is 8.42 Å². The van der Waals surface area contributed by atoms with Crippen molar-refractivity contribution in [2.75, 3.05) is 34.3 Å². The normalized spacial score (nSPS) is 20.1. The highest BCUT2D eigenvalue weighted by Gasteiger charge is 2.34. The predicted molar refractivity (Wildman–Crippen MR) is 81.7 cm³/mol. The topological polar surface area (TPSA) is 75.9 Å². The SMILES string of the molecule is COc1cc(CN)ccc1S(=O)(=O)N1CCC(N(C)C)C1. The van der Waals surface area contributed by atoms with Gasteiger partial charge in [-0.2, -0.15) is 4.31 Å². The van der Waals surface area contributed by atoms with Gasteiger partial charge in [0, 0.05) is 25.7 Å². The van der Waals surface area contributed by atoms with E-state index < -0.39 is 10.0 Å². The number of methoxy groups -OCH3 is 1. The Labute approximate surface area is 126 Å². The molecule has 7 heteroatoms. The number of rotatable bonds is 5. The second-order valence-corrected chi connectivity index (χ2v) is 7.36. The van der Waals surface area contributed by atoms with Crippen LogP contribution in [0.2, 0.25) is 0 Å². The lowest BCUT2D eigenvalue weighted by Gasteiger charge is -2.21. The maximum absolute atomic E-state index is 12.8. The summed E-state index contributed by atoms with van der Waals surface area (Å²) in [6.07, 6.45) is 0.843. The number of sulfonamides is 1. The van der Waals surface area contributed by atoms with Gasteiger partial charge in [-0.1, -0.05) is 6.07 Å². The first-order chi connectivity index (χ1) is 9.90. The zero-order valence-electron chi connectivity index (χ0n) is 12.7. The third-order valence-electron chi connectivity index (χ3n) is 3.94. The van der Waals surface area contributed by atoms with Gasteiger partial charge in [0.15, 0.2) is 0 Å². The van der Waals surface area contributed by atoms with E-state index in [0.717, 1.165) is 12.0 Å². The molecule has 0 bridgehead atoms. The summed E-state index contributed by atoms with van der Waals surface area (Å²) >= 11 is 0. The number of hydrogen-bond donors (Lipinski definition) is 1. The van der Waals surface area contributed by atoms with E-state index in [1.165, 1.54) is 11.4 Å². The Balaban J connectivity index is 2.32. The van der Waals surface area contributed by atoms with Crippen LogP contribution in [0.3, 0.4) is 0 Å². The van der Waals surface area contributed by atoms with E-state index in [9.17, 15) is 8.42 Å². The number of ether oxygens (including phenoxy) is 1. The van der Waals surface area contributed by atoms with E-state index in [4.69, 9.17) is 10.5 Å². The van der Waals surface area contributed by atoms with E-state index in [1.807, 2.05) is 14.1 Å². The van der Waals surface area contributed by atoms with Gasteiger partial charge in [-0.3, -0.25) is 0 Å². The Bertz CT molecular complexity index is 601. The lowest BCUT2D eigenvalue weighted by atomic mass is 10.2. The summed E-state index contributed by atoms with van der Waals surface area (Å²) < 4.78 is 32.3. The van der Waals surface area contributed by atoms with Gasteiger partial charge in [0.05, 0.1) is 7.11 Å². The highest BCUT2D eigenvalue weighted by atomic mass is 32.2. The van der Waals surface area contributed by atoms with Crippen LogP contribution in [0.1, 0.15) is 12.0 Å². The molecule has 2 rings (SSSR count). The smallest absolute Gasteiger partial charge is 0.246 e. The average molecular weight is 313 g/mol. The zero-order valence-corrected chi connectivity index (χ0v) is 13.6. The zero-order chi connectivity index (χ0) is 15.6. The molecular formula is C14H23N3O3S. The van der Waals surface area contributed by atoms with Crippen LogP contribution in [-0.2, 0) is 16.6 Å². The third-order valence-corrected chi connectivity index (χ3v) is 5.84. The first-order valence-corrected chi connectivity index (χ1v) is 8.37. The molecule has 21 heavy (non-hydrogen) atoms. The molecule has 1 fully saturated rings. The molecule has 0 aliphatic carbocycles. The molecule has 0 amide bonds. The first kappa shape index (κ1) is 16.2. The summed E-state index contributed by atoms with van der Waals surface area (Å²) in [5, 5.41) is 0. The van der Waals surface area contributed by atoms with Gasteiger partial charge in [0.1, 0.15) is 10.6 Å². The molecule has 0 aromatic heterocycles. The van der Waals surface area contributed by atoms with Crippen LogP contribution >= 0.6 is 0 Å². The van der Waals surface area contributed by atoms with Gasteiger partial charge in [0.25, 0.3) is 0 Å². The van der Waals surface area contributed by atoms with Crippen molar-refractivity contribution < 1.29 is 13.2 Å². The van der Waals surface area contributed by atoms with Crippen LogP contribution in [-0.4, -0.2) is 58.0 Å². The molecular weight excluding hydrogens is 290 g/mol. The fourth-order valence-corrected chi connectivity index (χ4v) is 4.17. The minimum atomic E-state index is -3.53. The molecule has 1 saturated heterocycles. The Kier molecular flexibility index (Phi) is 4.88. The predicted octanol–water partition coefficient (Wildman–Crippen LogP) is 0.479. The average Bonchev–Trinajstić information content (AvgIpc) is 2.97. The summed E-state index contributed by atoms with van der Waals surface area (Å²) in [6, 6.07) is 5.26. The van der Waals surface area contributed by atoms with Gasteiger partial charge in [-0.15, -0.1) is 0 Å². The maximum atomic E-state index is 12.8. The summed E-state index contributed by atoms with van der Waals surface area (Å²) in [7, 11) is 1.88. The Morgan fingerprint density at radius 1 is 1.43 bits per heavy atom. The molecule has 1 aromatic rings. The molecule has 1 unspecified atom stereocenters. The molecule has 6 nitrogen and oxygen atoms in total. The van der Waals surface area contributed by atoms with E-state index >= 15 is 0 Å². The molecule has 0 radical (unpaired) electrons. The monoisotopic (exact) mass is 313 g/mol. The van der Waals surface area contributed by atoms with Crippen molar-refractivity contribution in [1.82, 2.24) is 9.21 Å². The molecule has 1 atom stereocenters. The second-order valence-electron chi connectivity index (χ2n) is 5.46. The standard InChI is InChI=1S/C14H23N3O3S/c1-16(2)12-6-7-17(10-12)21(18,19)14-5-4-11(9-15)8-13(14)20-3/h4-5,8,12H,6-7,9-10,15H2,1-3H3. The van der Waals surface area contributed by atoms with Crippen molar-refractivity contribution in [2.45, 2.75) is 23.9 Å². The lowest BCUT2D eigenvalue weighted by molar-refractivity contribution is 0.302. The number of benzene rings is 1. The van der Waals surface area contributed by atoms with Crippen molar-refractivity contribution in [1.29, 1.82) is 0 Å². The minimum absolute atomic E-state index is 0.210. The van der Waals surface area contributed by atoms with Crippen LogP contribution < -0.4 is 10.5 Å². The van der Waals surface area contributed by atoms with E-state index in [0.29, 0.717) is 25.4 Å². The number of likely N-dealkylation sites (N-methyl/N-ethyl adjacent to an activating group) is 1. The fourth-order valence-electron chi connectivity index (χ4n) is 2.54. The van der Waals surface area contributed by atoms with Crippen LogP contribution in [0.4, 0.5) is 0 Å². The molecule has 2 N–H and O–H groups in total. The Hall–Kier alpha value is -1.15. The highest BCUT2D eigenvalue weighted by molar-refractivity contribution is 7.89. The summed E-state index contributed by atoms with van der Waals surface area (Å²) in [4.78, 5) is 2.27. The summed E-state index contributed by atoms with van der Waals surface area (Å²) in [6.45, 7) is 1.40. The number of hydrogen-bond acceptors (Lipinski definition) is 5. The van der Waals surface area contributed by atoms with Crippen LogP contribution in [0.25, 0.3) is 0 Å². The van der Waals surface area contributed by atoms with Crippen LogP contribution in [0, 0.1) is 0 Å². The highest BCUT2D eigenvalue weighted by Crippen LogP contribution is 2.30. The van der Waals surface area contributed by atoms with Crippen molar-refractivity contribution in [3.63, 3.8) is 0 Å². The molecule has 1 aromatic carbocycles. The molecule has 1 aliphatic heterocycles. The summed E-state index contributed by atoms with van der Waals surface area (Å²) in [5.74, 6) is 0.353. The third kappa shape index (κ3) is 3.21. The van der Waals surface area contributed by atoms with E-state index in [-0.39, 0.29) is 10.9 Å². The number of nitrogens with zero attached hydrogens (tertiary/aromatic N) is 2. The fraction of sp³-hybridized carbons (Fsp3) is 0.571. The van der Waals surface area contributed by atoms with Gasteiger partial charge in [-0.05, 0) is 38.2 Å². The van der Waals surface area contributed by atoms with Gasteiger partial charge >= 0.3 is 0 Å². The number of nitrogens with two attached hydrogens (primary N) is 1. The van der Waals surface area contributed by atoms with Gasteiger partial charge in [0.2, 0.25) is 10.0 Å². The van der Waals surface area contributed by atoms with E-state index in [2.05, 4.69) is 4.90 Å². The molecule has 1 heterocycles. The maximum Gasteiger partial charge on any atom is 0.246 e. The Morgan fingerprint density at radius 2 is 2.14 bits per heavy atom. The van der Waals surface area contributed by atoms with Crippen LogP contribution in [0.15, 0.2) is 23.1 Å². The quantitative estimate of drug-likeness (QED) is 0.855. The molecule has 118 valence electrons. The van der Waals surface area contributed by atoms with Gasteiger partial charge < -0.3 is 15.4 Å². The lowest BCUT2D eigenvalue weighted by Crippen LogP contribution is -2.34. The molecule has 1 aliphatic rings. The van der Waals surface area contributed by atoms with Crippen molar-refractivity contribution >= 4 is 10.0 Å². The first-order valence-electron chi connectivity index (χ1n) is 6.93. The Morgan fingerprint density at radius 3 is 2.67 bits per heavy atom. The summed E-state index contributed by atoms with van der Waals surface area (Å²) in [5.41, 5.74) is 6.43.